The molecule has 6 heteroatoms. The molecule has 0 saturated heterocycles. The number of hydrogen-bond donors (Lipinski definition) is 1. The average Bonchev–Trinajstić information content (AvgIpc) is 2.68. The summed E-state index contributed by atoms with van der Waals surface area (Å²) in [5.41, 5.74) is 6.43. The number of hydrogen-bond acceptors (Lipinski definition) is 6. The summed E-state index contributed by atoms with van der Waals surface area (Å²) in [6.07, 6.45) is 6.32. The quantitative estimate of drug-likeness (QED) is 0.290. The maximum Gasteiger partial charge on any atom is 0.142 e. The van der Waals surface area contributed by atoms with Gasteiger partial charge in [0.25, 0.3) is 0 Å². The summed E-state index contributed by atoms with van der Waals surface area (Å²) in [6, 6.07) is 7.43. The van der Waals surface area contributed by atoms with E-state index in [4.69, 9.17) is 29.4 Å². The van der Waals surface area contributed by atoms with Crippen molar-refractivity contribution < 1.29 is 23.7 Å². The van der Waals surface area contributed by atoms with Gasteiger partial charge >= 0.3 is 0 Å². The Morgan fingerprint density at radius 1 is 0.630 bits per heavy atom. The average molecular weight is 384 g/mol. The highest BCUT2D eigenvalue weighted by molar-refractivity contribution is 5.51. The third-order valence-corrected chi connectivity index (χ3v) is 3.91. The Balaban J connectivity index is 1.73. The Morgan fingerprint density at radius 2 is 1.15 bits per heavy atom. The zero-order valence-corrected chi connectivity index (χ0v) is 16.8. The molecule has 1 rings (SSSR count). The Labute approximate surface area is 164 Å². The van der Waals surface area contributed by atoms with E-state index in [2.05, 4.69) is 6.92 Å². The molecule has 0 aliphatic carbocycles. The predicted octanol–water partition coefficient (Wildman–Crippen LogP) is 3.68. The van der Waals surface area contributed by atoms with Crippen LogP contribution in [0.25, 0.3) is 0 Å². The van der Waals surface area contributed by atoms with Gasteiger partial charge in [0, 0.05) is 6.61 Å². The van der Waals surface area contributed by atoms with Gasteiger partial charge in [0.15, 0.2) is 0 Å². The van der Waals surface area contributed by atoms with Crippen molar-refractivity contribution in [3.05, 3.63) is 24.3 Å². The number of anilines is 1. The summed E-state index contributed by atoms with van der Waals surface area (Å²) in [7, 11) is 0. The second kappa shape index (κ2) is 18.0. The van der Waals surface area contributed by atoms with Crippen molar-refractivity contribution in [2.75, 3.05) is 65.2 Å². The Hall–Kier alpha value is -1.34. The van der Waals surface area contributed by atoms with Crippen molar-refractivity contribution in [3.63, 3.8) is 0 Å². The highest BCUT2D eigenvalue weighted by Crippen LogP contribution is 2.19. The zero-order chi connectivity index (χ0) is 19.4. The Morgan fingerprint density at radius 3 is 1.74 bits per heavy atom. The van der Waals surface area contributed by atoms with E-state index in [0.717, 1.165) is 13.0 Å². The van der Waals surface area contributed by atoms with Crippen molar-refractivity contribution in [1.29, 1.82) is 0 Å². The highest BCUT2D eigenvalue weighted by atomic mass is 16.6. The molecule has 0 saturated carbocycles. The fourth-order valence-corrected chi connectivity index (χ4v) is 2.39. The minimum atomic E-state index is 0.468. The van der Waals surface area contributed by atoms with Gasteiger partial charge in [0.2, 0.25) is 0 Å². The van der Waals surface area contributed by atoms with E-state index in [9.17, 15) is 0 Å². The smallest absolute Gasteiger partial charge is 0.142 e. The summed E-state index contributed by atoms with van der Waals surface area (Å²) < 4.78 is 27.4. The minimum absolute atomic E-state index is 0.468. The molecule has 0 fully saturated rings. The van der Waals surface area contributed by atoms with E-state index >= 15 is 0 Å². The van der Waals surface area contributed by atoms with E-state index in [1.54, 1.807) is 0 Å². The number of nitrogen functional groups attached to an aromatic ring is 1. The van der Waals surface area contributed by atoms with Crippen LogP contribution in [0.1, 0.15) is 39.0 Å². The lowest BCUT2D eigenvalue weighted by Gasteiger charge is -2.09. The minimum Gasteiger partial charge on any atom is -0.489 e. The fraction of sp³-hybridized carbons (Fsp3) is 0.714. The van der Waals surface area contributed by atoms with Crippen LogP contribution in [-0.4, -0.2) is 59.5 Å². The molecule has 2 N–H and O–H groups in total. The summed E-state index contributed by atoms with van der Waals surface area (Å²) >= 11 is 0. The van der Waals surface area contributed by atoms with Gasteiger partial charge in [-0.15, -0.1) is 0 Å². The Bertz CT molecular complexity index is 444. The molecular formula is C21H37NO5. The first-order valence-corrected chi connectivity index (χ1v) is 10.1. The SMILES string of the molecule is CCCCCCCOCCOCCOCCOCCOc1ccccc1N. The number of para-hydroxylation sites is 2. The summed E-state index contributed by atoms with van der Waals surface area (Å²) in [6.45, 7) is 7.54. The topological polar surface area (TPSA) is 72.2 Å². The second-order valence-corrected chi connectivity index (χ2v) is 6.25. The predicted molar refractivity (Wildman–Crippen MR) is 108 cm³/mol. The van der Waals surface area contributed by atoms with Gasteiger partial charge in [-0.05, 0) is 18.6 Å². The van der Waals surface area contributed by atoms with Crippen LogP contribution in [0.2, 0.25) is 0 Å². The monoisotopic (exact) mass is 383 g/mol. The molecule has 0 amide bonds. The van der Waals surface area contributed by atoms with Gasteiger partial charge in [-0.25, -0.2) is 0 Å². The van der Waals surface area contributed by atoms with Crippen LogP contribution in [0, 0.1) is 0 Å². The van der Waals surface area contributed by atoms with Crippen LogP contribution >= 0.6 is 0 Å². The third-order valence-electron chi connectivity index (χ3n) is 3.91. The maximum atomic E-state index is 5.79. The maximum absolute atomic E-state index is 5.79. The number of ether oxygens (including phenoxy) is 5. The van der Waals surface area contributed by atoms with Crippen molar-refractivity contribution in [2.45, 2.75) is 39.0 Å². The molecule has 0 aliphatic heterocycles. The molecule has 1 aromatic rings. The van der Waals surface area contributed by atoms with Gasteiger partial charge in [-0.3, -0.25) is 0 Å². The first-order chi connectivity index (χ1) is 13.3. The second-order valence-electron chi connectivity index (χ2n) is 6.25. The first-order valence-electron chi connectivity index (χ1n) is 10.1. The van der Waals surface area contributed by atoms with Crippen LogP contribution in [-0.2, 0) is 18.9 Å². The molecular weight excluding hydrogens is 346 g/mol. The van der Waals surface area contributed by atoms with E-state index < -0.39 is 0 Å². The number of nitrogens with two attached hydrogens (primary N) is 1. The third kappa shape index (κ3) is 14.4. The highest BCUT2D eigenvalue weighted by Gasteiger charge is 1.98. The summed E-state index contributed by atoms with van der Waals surface area (Å²) in [5, 5.41) is 0. The molecule has 0 aliphatic rings. The molecule has 1 aromatic carbocycles. The van der Waals surface area contributed by atoms with E-state index in [1.807, 2.05) is 24.3 Å². The Kier molecular flexibility index (Phi) is 15.8. The lowest BCUT2D eigenvalue weighted by Crippen LogP contribution is -2.14. The van der Waals surface area contributed by atoms with E-state index in [-0.39, 0.29) is 0 Å². The molecule has 0 bridgehead atoms. The number of rotatable bonds is 19. The largest absolute Gasteiger partial charge is 0.489 e. The van der Waals surface area contributed by atoms with Gasteiger partial charge in [0.1, 0.15) is 12.4 Å². The first kappa shape index (κ1) is 23.7. The summed E-state index contributed by atoms with van der Waals surface area (Å²) in [4.78, 5) is 0. The van der Waals surface area contributed by atoms with E-state index in [1.165, 1.54) is 25.7 Å². The molecule has 0 heterocycles. The van der Waals surface area contributed by atoms with Crippen molar-refractivity contribution >= 4 is 5.69 Å². The molecule has 27 heavy (non-hydrogen) atoms. The molecule has 0 atom stereocenters. The number of benzene rings is 1. The molecule has 0 unspecified atom stereocenters. The van der Waals surface area contributed by atoms with Crippen LogP contribution in [0.15, 0.2) is 24.3 Å². The van der Waals surface area contributed by atoms with Crippen molar-refractivity contribution in [2.24, 2.45) is 0 Å². The van der Waals surface area contributed by atoms with E-state index in [0.29, 0.717) is 64.3 Å². The number of unbranched alkanes of at least 4 members (excludes halogenated alkanes) is 4. The lowest BCUT2D eigenvalue weighted by atomic mass is 10.2. The van der Waals surface area contributed by atoms with Gasteiger partial charge in [-0.2, -0.15) is 0 Å². The molecule has 156 valence electrons. The van der Waals surface area contributed by atoms with Gasteiger partial charge in [-0.1, -0.05) is 44.7 Å². The fourth-order valence-electron chi connectivity index (χ4n) is 2.39. The molecule has 0 aromatic heterocycles. The van der Waals surface area contributed by atoms with Crippen molar-refractivity contribution in [3.8, 4) is 5.75 Å². The van der Waals surface area contributed by atoms with Gasteiger partial charge in [0.05, 0.1) is 51.9 Å². The molecule has 0 radical (unpaired) electrons. The summed E-state index contributed by atoms with van der Waals surface area (Å²) in [5.74, 6) is 0.690. The van der Waals surface area contributed by atoms with Crippen LogP contribution in [0.5, 0.6) is 5.75 Å². The van der Waals surface area contributed by atoms with Gasteiger partial charge < -0.3 is 29.4 Å². The standard InChI is InChI=1S/C21H37NO5/c1-2-3-4-5-8-11-23-12-13-24-14-15-25-16-17-26-18-19-27-21-10-7-6-9-20(21)22/h6-7,9-10H,2-5,8,11-19,22H2,1H3. The zero-order valence-electron chi connectivity index (χ0n) is 16.8. The molecule has 6 nitrogen and oxygen atoms in total. The molecule has 0 spiro atoms. The van der Waals surface area contributed by atoms with Crippen molar-refractivity contribution in [1.82, 2.24) is 0 Å². The van der Waals surface area contributed by atoms with Crippen LogP contribution in [0.4, 0.5) is 5.69 Å². The van der Waals surface area contributed by atoms with Crippen LogP contribution < -0.4 is 10.5 Å². The normalized spacial score (nSPS) is 11.0. The lowest BCUT2D eigenvalue weighted by molar-refractivity contribution is -0.00485. The van der Waals surface area contributed by atoms with Crippen LogP contribution in [0.3, 0.4) is 0 Å².